The molecule has 0 atom stereocenters. The molecule has 2 heterocycles. The highest BCUT2D eigenvalue weighted by Gasteiger charge is 2.25. The number of benzene rings is 3. The molecule has 5 nitrogen and oxygen atoms in total. The number of nitrogens with zero attached hydrogens (tertiary/aromatic N) is 3. The van der Waals surface area contributed by atoms with Gasteiger partial charge in [0.05, 0.1) is 6.54 Å². The summed E-state index contributed by atoms with van der Waals surface area (Å²) < 4.78 is 15.9. The van der Waals surface area contributed by atoms with Crippen molar-refractivity contribution in [2.75, 3.05) is 23.7 Å². The van der Waals surface area contributed by atoms with Crippen molar-refractivity contribution < 1.29 is 4.39 Å². The number of fused-ring (bicyclic) bond motifs is 1. The molecule has 0 spiro atoms. The number of hydrogen-bond acceptors (Lipinski definition) is 4. The van der Waals surface area contributed by atoms with Gasteiger partial charge in [0.1, 0.15) is 23.2 Å². The number of rotatable bonds is 12. The number of anilines is 3. The lowest BCUT2D eigenvalue weighted by atomic mass is 10.1. The van der Waals surface area contributed by atoms with Gasteiger partial charge in [-0.1, -0.05) is 56.2 Å². The van der Waals surface area contributed by atoms with Gasteiger partial charge in [-0.05, 0) is 80.3 Å². The van der Waals surface area contributed by atoms with Crippen molar-refractivity contribution in [2.24, 2.45) is 0 Å². The fourth-order valence-corrected chi connectivity index (χ4v) is 5.15. The highest BCUT2D eigenvalue weighted by molar-refractivity contribution is 5.76. The molecule has 2 N–H and O–H groups in total. The van der Waals surface area contributed by atoms with E-state index in [-0.39, 0.29) is 5.82 Å². The van der Waals surface area contributed by atoms with Crippen LogP contribution < -0.4 is 10.6 Å². The van der Waals surface area contributed by atoms with Gasteiger partial charge in [-0.3, -0.25) is 0 Å². The Labute approximate surface area is 237 Å². The van der Waals surface area contributed by atoms with E-state index in [4.69, 9.17) is 4.98 Å². The number of allylic oxidation sites excluding steroid dienone is 1. The Morgan fingerprint density at radius 2 is 1.65 bits per heavy atom. The minimum absolute atomic E-state index is 0.249. The Morgan fingerprint density at radius 1 is 0.925 bits per heavy atom. The van der Waals surface area contributed by atoms with E-state index in [2.05, 4.69) is 89.1 Å². The van der Waals surface area contributed by atoms with Crippen molar-refractivity contribution in [1.82, 2.24) is 14.5 Å². The molecule has 0 saturated carbocycles. The molecule has 0 aliphatic carbocycles. The first kappa shape index (κ1) is 27.5. The van der Waals surface area contributed by atoms with Crippen LogP contribution >= 0.6 is 0 Å². The van der Waals surface area contributed by atoms with Gasteiger partial charge in [-0.25, -0.2) is 9.37 Å². The Bertz CT molecular complexity index is 1400. The largest absolute Gasteiger partial charge is 0.385 e. The van der Waals surface area contributed by atoms with E-state index >= 15 is 0 Å². The van der Waals surface area contributed by atoms with Crippen molar-refractivity contribution >= 4 is 17.2 Å². The summed E-state index contributed by atoms with van der Waals surface area (Å²) in [6.07, 6.45) is 5.58. The zero-order valence-electron chi connectivity index (χ0n) is 23.7. The Morgan fingerprint density at radius 3 is 2.38 bits per heavy atom. The molecule has 0 saturated heterocycles. The van der Waals surface area contributed by atoms with Crippen molar-refractivity contribution in [3.05, 3.63) is 108 Å². The summed E-state index contributed by atoms with van der Waals surface area (Å²) in [6, 6.07) is 23.7. The van der Waals surface area contributed by atoms with Gasteiger partial charge in [-0.15, -0.1) is 0 Å². The van der Waals surface area contributed by atoms with E-state index < -0.39 is 0 Å². The van der Waals surface area contributed by atoms with Gasteiger partial charge in [0.15, 0.2) is 0 Å². The lowest BCUT2D eigenvalue weighted by Gasteiger charge is -2.32. The number of imidazole rings is 1. The molecule has 0 bridgehead atoms. The van der Waals surface area contributed by atoms with Gasteiger partial charge in [0, 0.05) is 42.3 Å². The molecule has 4 aromatic rings. The van der Waals surface area contributed by atoms with E-state index in [0.717, 1.165) is 66.8 Å². The van der Waals surface area contributed by atoms with Gasteiger partial charge in [-0.2, -0.15) is 0 Å². The molecule has 0 amide bonds. The molecule has 0 fully saturated rings. The molecule has 40 heavy (non-hydrogen) atoms. The molecule has 1 aliphatic heterocycles. The third-order valence-electron chi connectivity index (χ3n) is 7.62. The molecular weight excluding hydrogens is 497 g/mol. The monoisotopic (exact) mass is 537 g/mol. The molecular formula is C34H40FN5. The van der Waals surface area contributed by atoms with Crippen molar-refractivity contribution in [3.8, 4) is 11.3 Å². The van der Waals surface area contributed by atoms with Gasteiger partial charge >= 0.3 is 0 Å². The van der Waals surface area contributed by atoms with Crippen molar-refractivity contribution in [3.63, 3.8) is 0 Å². The van der Waals surface area contributed by atoms with E-state index in [1.807, 2.05) is 0 Å². The number of unbranched alkanes of at least 4 members (excludes halogenated alkanes) is 2. The lowest BCUT2D eigenvalue weighted by Crippen LogP contribution is -2.33. The smallest absolute Gasteiger partial charge is 0.138 e. The SMILES string of the molecule is C=C(CCc1ccc(NCCCCC)cc1)N1CCn2c(nc(-c3ccc(F)cc3)c2Nc2ccc(C)cc2)C1. The maximum Gasteiger partial charge on any atom is 0.138 e. The molecule has 1 aliphatic rings. The molecule has 5 rings (SSSR count). The fraction of sp³-hybridized carbons (Fsp3) is 0.324. The van der Waals surface area contributed by atoms with Crippen LogP contribution in [0.15, 0.2) is 85.1 Å². The summed E-state index contributed by atoms with van der Waals surface area (Å²) in [5.41, 5.74) is 7.59. The fourth-order valence-electron chi connectivity index (χ4n) is 5.15. The van der Waals surface area contributed by atoms with Crippen LogP contribution in [0, 0.1) is 12.7 Å². The van der Waals surface area contributed by atoms with Crippen molar-refractivity contribution in [1.29, 1.82) is 0 Å². The maximum atomic E-state index is 13.7. The summed E-state index contributed by atoms with van der Waals surface area (Å²) in [7, 11) is 0. The number of aryl methyl sites for hydroxylation is 2. The average molecular weight is 538 g/mol. The minimum Gasteiger partial charge on any atom is -0.385 e. The van der Waals surface area contributed by atoms with Crippen LogP contribution in [0.4, 0.5) is 21.6 Å². The van der Waals surface area contributed by atoms with Gasteiger partial charge < -0.3 is 20.1 Å². The third-order valence-corrected chi connectivity index (χ3v) is 7.62. The maximum absolute atomic E-state index is 13.7. The highest BCUT2D eigenvalue weighted by atomic mass is 19.1. The Balaban J connectivity index is 1.26. The second-order valence-corrected chi connectivity index (χ2v) is 10.7. The molecule has 0 radical (unpaired) electrons. The third kappa shape index (κ3) is 6.74. The van der Waals surface area contributed by atoms with Crippen LogP contribution in [0.3, 0.4) is 0 Å². The second-order valence-electron chi connectivity index (χ2n) is 10.7. The van der Waals surface area contributed by atoms with Crippen LogP contribution in [-0.2, 0) is 19.5 Å². The topological polar surface area (TPSA) is 45.1 Å². The number of hydrogen-bond donors (Lipinski definition) is 2. The minimum atomic E-state index is -0.249. The van der Waals surface area contributed by atoms with Crippen LogP contribution in [0.2, 0.25) is 0 Å². The van der Waals surface area contributed by atoms with E-state index in [0.29, 0.717) is 6.54 Å². The Kier molecular flexibility index (Phi) is 8.84. The lowest BCUT2D eigenvalue weighted by molar-refractivity contribution is 0.267. The molecule has 208 valence electrons. The summed E-state index contributed by atoms with van der Waals surface area (Å²) in [5, 5.41) is 7.11. The zero-order chi connectivity index (χ0) is 27.9. The average Bonchev–Trinajstić information content (AvgIpc) is 3.33. The predicted molar refractivity (Wildman–Crippen MR) is 164 cm³/mol. The van der Waals surface area contributed by atoms with E-state index in [1.165, 1.54) is 48.2 Å². The second kappa shape index (κ2) is 12.9. The Hall–Kier alpha value is -4.06. The zero-order valence-corrected chi connectivity index (χ0v) is 23.7. The van der Waals surface area contributed by atoms with Gasteiger partial charge in [0.2, 0.25) is 0 Å². The summed E-state index contributed by atoms with van der Waals surface area (Å²) in [4.78, 5) is 7.39. The summed E-state index contributed by atoms with van der Waals surface area (Å²) in [6.45, 7) is 12.1. The first-order chi connectivity index (χ1) is 19.5. The summed E-state index contributed by atoms with van der Waals surface area (Å²) >= 11 is 0. The molecule has 3 aromatic carbocycles. The van der Waals surface area contributed by atoms with E-state index in [1.54, 1.807) is 12.1 Å². The standard InChI is InChI=1S/C34H40FN5/c1-4-5-6-21-36-30-19-11-27(12-20-30)10-9-26(3)39-22-23-40-32(24-39)38-33(28-13-15-29(35)16-14-28)34(40)37-31-17-7-25(2)8-18-31/h7-8,11-20,36-37H,3-6,9-10,21-24H2,1-2H3. The molecule has 0 unspecified atom stereocenters. The van der Waals surface area contributed by atoms with Gasteiger partial charge in [0.25, 0.3) is 0 Å². The van der Waals surface area contributed by atoms with E-state index in [9.17, 15) is 4.39 Å². The predicted octanol–water partition coefficient (Wildman–Crippen LogP) is 8.31. The van der Waals surface area contributed by atoms with Crippen LogP contribution in [-0.4, -0.2) is 27.5 Å². The van der Waals surface area contributed by atoms with Crippen LogP contribution in [0.1, 0.15) is 49.6 Å². The first-order valence-electron chi connectivity index (χ1n) is 14.4. The first-order valence-corrected chi connectivity index (χ1v) is 14.4. The quantitative estimate of drug-likeness (QED) is 0.178. The number of halogens is 1. The molecule has 1 aromatic heterocycles. The van der Waals surface area contributed by atoms with Crippen LogP contribution in [0.25, 0.3) is 11.3 Å². The molecule has 6 heteroatoms. The van der Waals surface area contributed by atoms with Crippen LogP contribution in [0.5, 0.6) is 0 Å². The number of nitrogens with one attached hydrogen (secondary N) is 2. The highest BCUT2D eigenvalue weighted by Crippen LogP contribution is 2.34. The van der Waals surface area contributed by atoms with Crippen molar-refractivity contribution in [2.45, 2.75) is 59.0 Å². The number of aromatic nitrogens is 2. The summed E-state index contributed by atoms with van der Waals surface area (Å²) in [5.74, 6) is 1.68. The normalized spacial score (nSPS) is 12.7.